The molecule has 0 unspecified atom stereocenters. The highest BCUT2D eigenvalue weighted by molar-refractivity contribution is 5.76. The van der Waals surface area contributed by atoms with Gasteiger partial charge in [0.2, 0.25) is 5.91 Å². The second kappa shape index (κ2) is 8.21. The first-order chi connectivity index (χ1) is 10.6. The van der Waals surface area contributed by atoms with Gasteiger partial charge >= 0.3 is 0 Å². The third-order valence-corrected chi connectivity index (χ3v) is 4.79. The zero-order valence-electron chi connectivity index (χ0n) is 14.2. The average Bonchev–Trinajstić information content (AvgIpc) is 2.50. The second-order valence-electron chi connectivity index (χ2n) is 6.59. The van der Waals surface area contributed by atoms with Crippen molar-refractivity contribution in [3.8, 4) is 5.75 Å². The Labute approximate surface area is 134 Å². The molecule has 1 fully saturated rings. The van der Waals surface area contributed by atoms with Crippen molar-refractivity contribution in [1.29, 1.82) is 0 Å². The molecule has 3 heteroatoms. The third kappa shape index (κ3) is 4.75. The summed E-state index contributed by atoms with van der Waals surface area (Å²) in [5, 5.41) is 3.23. The molecule has 1 saturated carbocycles. The molecule has 3 nitrogen and oxygen atoms in total. The van der Waals surface area contributed by atoms with Gasteiger partial charge in [0.1, 0.15) is 5.75 Å². The number of hydrogen-bond acceptors (Lipinski definition) is 2. The van der Waals surface area contributed by atoms with E-state index in [0.29, 0.717) is 18.4 Å². The molecule has 0 saturated heterocycles. The summed E-state index contributed by atoms with van der Waals surface area (Å²) in [5.41, 5.74) is 2.43. The maximum atomic E-state index is 12.1. The second-order valence-corrected chi connectivity index (χ2v) is 6.59. The monoisotopic (exact) mass is 303 g/mol. The summed E-state index contributed by atoms with van der Waals surface area (Å²) in [6.07, 6.45) is 7.41. The lowest BCUT2D eigenvalue weighted by Crippen LogP contribution is -2.40. The van der Waals surface area contributed by atoms with Crippen LogP contribution in [0.3, 0.4) is 0 Å². The smallest absolute Gasteiger partial charge is 0.220 e. The van der Waals surface area contributed by atoms with Gasteiger partial charge in [-0.1, -0.05) is 31.9 Å². The van der Waals surface area contributed by atoms with Crippen LogP contribution < -0.4 is 10.1 Å². The van der Waals surface area contributed by atoms with Gasteiger partial charge in [0.15, 0.2) is 0 Å². The molecule has 1 aliphatic rings. The highest BCUT2D eigenvalue weighted by atomic mass is 16.5. The molecule has 1 amide bonds. The molecule has 0 radical (unpaired) electrons. The minimum Gasteiger partial charge on any atom is -0.496 e. The summed E-state index contributed by atoms with van der Waals surface area (Å²) in [6.45, 7) is 4.31. The van der Waals surface area contributed by atoms with E-state index in [1.165, 1.54) is 24.8 Å². The molecule has 2 rings (SSSR count). The van der Waals surface area contributed by atoms with Crippen molar-refractivity contribution in [3.05, 3.63) is 29.3 Å². The Kier molecular flexibility index (Phi) is 6.29. The van der Waals surface area contributed by atoms with Crippen LogP contribution >= 0.6 is 0 Å². The van der Waals surface area contributed by atoms with Crippen molar-refractivity contribution in [1.82, 2.24) is 5.32 Å². The topological polar surface area (TPSA) is 38.3 Å². The number of hydrogen-bond donors (Lipinski definition) is 1. The van der Waals surface area contributed by atoms with Gasteiger partial charge < -0.3 is 10.1 Å². The van der Waals surface area contributed by atoms with Gasteiger partial charge in [-0.2, -0.15) is 0 Å². The molecule has 2 atom stereocenters. The van der Waals surface area contributed by atoms with Crippen LogP contribution in [-0.2, 0) is 11.2 Å². The quantitative estimate of drug-likeness (QED) is 0.862. The Hall–Kier alpha value is -1.51. The molecular weight excluding hydrogens is 274 g/mol. The summed E-state index contributed by atoms with van der Waals surface area (Å²) in [6, 6.07) is 6.64. The van der Waals surface area contributed by atoms with Crippen molar-refractivity contribution in [2.75, 3.05) is 7.11 Å². The molecule has 0 aromatic heterocycles. The molecule has 0 aliphatic heterocycles. The van der Waals surface area contributed by atoms with Crippen LogP contribution in [-0.4, -0.2) is 19.1 Å². The fraction of sp³-hybridized carbons (Fsp3) is 0.632. The van der Waals surface area contributed by atoms with Crippen molar-refractivity contribution in [2.24, 2.45) is 5.92 Å². The van der Waals surface area contributed by atoms with Crippen LogP contribution in [0.25, 0.3) is 0 Å². The van der Waals surface area contributed by atoms with Crippen LogP contribution in [0.1, 0.15) is 56.6 Å². The number of benzene rings is 1. The lowest BCUT2D eigenvalue weighted by atomic mass is 9.86. The predicted octanol–water partition coefficient (Wildman–Crippen LogP) is 4.02. The van der Waals surface area contributed by atoms with Gasteiger partial charge in [0.05, 0.1) is 7.11 Å². The van der Waals surface area contributed by atoms with E-state index in [9.17, 15) is 4.79 Å². The lowest BCUT2D eigenvalue weighted by Gasteiger charge is -2.29. The lowest BCUT2D eigenvalue weighted by molar-refractivity contribution is -0.122. The highest BCUT2D eigenvalue weighted by Crippen LogP contribution is 2.24. The molecule has 1 aromatic carbocycles. The molecule has 1 aliphatic carbocycles. The Balaban J connectivity index is 1.73. The van der Waals surface area contributed by atoms with E-state index in [4.69, 9.17) is 4.74 Å². The van der Waals surface area contributed by atoms with Gasteiger partial charge in [0, 0.05) is 12.5 Å². The average molecular weight is 303 g/mol. The summed E-state index contributed by atoms with van der Waals surface area (Å²) in [5.74, 6) is 1.76. The fourth-order valence-corrected chi connectivity index (χ4v) is 3.36. The SMILES string of the molecule is COc1ccc(CCCC(=O)N[C@@H]2CCCC[C@@H]2C)cc1C. The summed E-state index contributed by atoms with van der Waals surface area (Å²) in [4.78, 5) is 12.1. The maximum absolute atomic E-state index is 12.1. The minimum absolute atomic E-state index is 0.212. The number of rotatable bonds is 6. The van der Waals surface area contributed by atoms with Crippen molar-refractivity contribution >= 4 is 5.91 Å². The molecule has 0 spiro atoms. The maximum Gasteiger partial charge on any atom is 0.220 e. The number of amides is 1. The largest absolute Gasteiger partial charge is 0.496 e. The van der Waals surface area contributed by atoms with E-state index < -0.39 is 0 Å². The van der Waals surface area contributed by atoms with Gasteiger partial charge in [0.25, 0.3) is 0 Å². The van der Waals surface area contributed by atoms with Gasteiger partial charge in [-0.05, 0) is 55.7 Å². The zero-order valence-corrected chi connectivity index (χ0v) is 14.2. The van der Waals surface area contributed by atoms with E-state index in [2.05, 4.69) is 31.3 Å². The zero-order chi connectivity index (χ0) is 15.9. The van der Waals surface area contributed by atoms with Gasteiger partial charge in [-0.25, -0.2) is 0 Å². The number of ether oxygens (including phenoxy) is 1. The molecular formula is C19H29NO2. The third-order valence-electron chi connectivity index (χ3n) is 4.79. The summed E-state index contributed by atoms with van der Waals surface area (Å²) in [7, 11) is 1.69. The molecule has 122 valence electrons. The molecule has 1 aromatic rings. The first-order valence-corrected chi connectivity index (χ1v) is 8.53. The number of methoxy groups -OCH3 is 1. The van der Waals surface area contributed by atoms with Crippen molar-refractivity contribution in [3.63, 3.8) is 0 Å². The Bertz CT molecular complexity index is 498. The Morgan fingerprint density at radius 2 is 2.09 bits per heavy atom. The van der Waals surface area contributed by atoms with E-state index in [1.54, 1.807) is 7.11 Å². The van der Waals surface area contributed by atoms with E-state index in [1.807, 2.05) is 6.07 Å². The fourth-order valence-electron chi connectivity index (χ4n) is 3.36. The standard InChI is InChI=1S/C19H29NO2/c1-14-7-4-5-9-17(14)20-19(21)10-6-8-16-11-12-18(22-3)15(2)13-16/h11-14,17H,4-10H2,1-3H3,(H,20,21)/t14-,17+/m0/s1. The van der Waals surface area contributed by atoms with Crippen LogP contribution in [0.5, 0.6) is 5.75 Å². The van der Waals surface area contributed by atoms with Crippen LogP contribution in [0.4, 0.5) is 0 Å². The number of aryl methyl sites for hydroxylation is 2. The molecule has 0 bridgehead atoms. The van der Waals surface area contributed by atoms with Crippen LogP contribution in [0.2, 0.25) is 0 Å². The number of carbonyl (C=O) groups excluding carboxylic acids is 1. The Morgan fingerprint density at radius 1 is 1.32 bits per heavy atom. The van der Waals surface area contributed by atoms with Gasteiger partial charge in [-0.15, -0.1) is 0 Å². The molecule has 22 heavy (non-hydrogen) atoms. The first-order valence-electron chi connectivity index (χ1n) is 8.53. The van der Waals surface area contributed by atoms with Crippen LogP contribution in [0, 0.1) is 12.8 Å². The Morgan fingerprint density at radius 3 is 2.77 bits per heavy atom. The molecule has 0 heterocycles. The van der Waals surface area contributed by atoms with Crippen molar-refractivity contribution in [2.45, 2.75) is 64.8 Å². The number of carbonyl (C=O) groups is 1. The number of nitrogens with one attached hydrogen (secondary N) is 1. The van der Waals surface area contributed by atoms with E-state index >= 15 is 0 Å². The summed E-state index contributed by atoms with van der Waals surface area (Å²) >= 11 is 0. The van der Waals surface area contributed by atoms with E-state index in [0.717, 1.165) is 30.6 Å². The first kappa shape index (κ1) is 16.9. The molecule has 1 N–H and O–H groups in total. The van der Waals surface area contributed by atoms with E-state index in [-0.39, 0.29) is 5.91 Å². The predicted molar refractivity (Wildman–Crippen MR) is 90.2 cm³/mol. The highest BCUT2D eigenvalue weighted by Gasteiger charge is 2.22. The minimum atomic E-state index is 0.212. The summed E-state index contributed by atoms with van der Waals surface area (Å²) < 4.78 is 5.27. The van der Waals surface area contributed by atoms with Gasteiger partial charge in [-0.3, -0.25) is 4.79 Å². The van der Waals surface area contributed by atoms with Crippen molar-refractivity contribution < 1.29 is 9.53 Å². The normalized spacial score (nSPS) is 21.4. The van der Waals surface area contributed by atoms with Crippen LogP contribution in [0.15, 0.2) is 18.2 Å².